The minimum absolute atomic E-state index is 0.709. The number of fused-ring (bicyclic) bond motifs is 1. The minimum atomic E-state index is 0.709. The largest absolute Gasteiger partial charge is 0.490 e. The van der Waals surface area contributed by atoms with Gasteiger partial charge in [0.15, 0.2) is 11.5 Å². The highest BCUT2D eigenvalue weighted by Crippen LogP contribution is 2.35. The number of rotatable bonds is 5. The molecule has 0 unspecified atom stereocenters. The Bertz CT molecular complexity index is 598. The summed E-state index contributed by atoms with van der Waals surface area (Å²) in [5, 5.41) is 6.51. The lowest BCUT2D eigenvalue weighted by Gasteiger charge is -2.08. The normalized spacial score (nSPS) is 14.0. The summed E-state index contributed by atoms with van der Waals surface area (Å²) in [6.45, 7) is 5.44. The van der Waals surface area contributed by atoms with Crippen LogP contribution in [-0.2, 0) is 6.54 Å². The molecule has 1 aliphatic rings. The SMILES string of the molecule is CCCNCc1csc(-c2ccc3c(c2)OCCCO3)n1. The van der Waals surface area contributed by atoms with Gasteiger partial charge in [-0.3, -0.25) is 0 Å². The zero-order valence-corrected chi connectivity index (χ0v) is 13.0. The van der Waals surface area contributed by atoms with E-state index in [1.165, 1.54) is 0 Å². The number of nitrogens with zero attached hydrogens (tertiary/aromatic N) is 1. The quantitative estimate of drug-likeness (QED) is 0.859. The van der Waals surface area contributed by atoms with Gasteiger partial charge in [0.25, 0.3) is 0 Å². The van der Waals surface area contributed by atoms with Crippen molar-refractivity contribution < 1.29 is 9.47 Å². The van der Waals surface area contributed by atoms with E-state index in [2.05, 4.69) is 28.7 Å². The van der Waals surface area contributed by atoms with Crippen LogP contribution in [0.25, 0.3) is 10.6 Å². The molecular weight excluding hydrogens is 284 g/mol. The number of hydrogen-bond donors (Lipinski definition) is 1. The number of hydrogen-bond acceptors (Lipinski definition) is 5. The number of thiazole rings is 1. The van der Waals surface area contributed by atoms with Crippen LogP contribution >= 0.6 is 11.3 Å². The first kappa shape index (κ1) is 14.4. The van der Waals surface area contributed by atoms with E-state index >= 15 is 0 Å². The fraction of sp³-hybridized carbons (Fsp3) is 0.438. The van der Waals surface area contributed by atoms with Crippen LogP contribution in [0.3, 0.4) is 0 Å². The molecule has 0 fully saturated rings. The molecule has 0 saturated heterocycles. The van der Waals surface area contributed by atoms with Crippen molar-refractivity contribution in [2.45, 2.75) is 26.3 Å². The molecule has 0 aliphatic carbocycles. The summed E-state index contributed by atoms with van der Waals surface area (Å²) in [6.07, 6.45) is 2.06. The van der Waals surface area contributed by atoms with E-state index in [1.807, 2.05) is 12.1 Å². The van der Waals surface area contributed by atoms with Crippen LogP contribution in [0.2, 0.25) is 0 Å². The van der Waals surface area contributed by atoms with Crippen LogP contribution in [0.15, 0.2) is 23.6 Å². The first-order valence-electron chi connectivity index (χ1n) is 7.42. The predicted octanol–water partition coefficient (Wildman–Crippen LogP) is 3.47. The Hall–Kier alpha value is -1.59. The maximum atomic E-state index is 5.74. The summed E-state index contributed by atoms with van der Waals surface area (Å²) < 4.78 is 11.4. The molecule has 4 nitrogen and oxygen atoms in total. The second-order valence-electron chi connectivity index (χ2n) is 5.03. The van der Waals surface area contributed by atoms with Crippen LogP contribution in [0.4, 0.5) is 0 Å². The Labute approximate surface area is 129 Å². The number of benzene rings is 1. The van der Waals surface area contributed by atoms with Crippen molar-refractivity contribution in [1.29, 1.82) is 0 Å². The molecule has 1 aliphatic heterocycles. The van der Waals surface area contributed by atoms with Crippen molar-refractivity contribution in [2.24, 2.45) is 0 Å². The highest BCUT2D eigenvalue weighted by molar-refractivity contribution is 7.13. The average molecular weight is 304 g/mol. The molecule has 2 heterocycles. The van der Waals surface area contributed by atoms with Gasteiger partial charge in [-0.25, -0.2) is 4.98 Å². The molecule has 0 radical (unpaired) electrons. The summed E-state index contributed by atoms with van der Waals surface area (Å²) in [7, 11) is 0. The summed E-state index contributed by atoms with van der Waals surface area (Å²) in [4.78, 5) is 4.68. The van der Waals surface area contributed by atoms with Gasteiger partial charge in [0.2, 0.25) is 0 Å². The number of ether oxygens (including phenoxy) is 2. The Balaban J connectivity index is 1.76. The summed E-state index contributed by atoms with van der Waals surface area (Å²) >= 11 is 1.67. The summed E-state index contributed by atoms with van der Waals surface area (Å²) in [6, 6.07) is 6.06. The van der Waals surface area contributed by atoms with E-state index in [0.717, 1.165) is 60.3 Å². The fourth-order valence-corrected chi connectivity index (χ4v) is 3.03. The van der Waals surface area contributed by atoms with Gasteiger partial charge >= 0.3 is 0 Å². The predicted molar refractivity (Wildman–Crippen MR) is 85.2 cm³/mol. The zero-order chi connectivity index (χ0) is 14.5. The topological polar surface area (TPSA) is 43.4 Å². The van der Waals surface area contributed by atoms with Gasteiger partial charge in [-0.05, 0) is 31.2 Å². The number of nitrogens with one attached hydrogen (secondary N) is 1. The van der Waals surface area contributed by atoms with Crippen molar-refractivity contribution in [3.8, 4) is 22.1 Å². The Morgan fingerprint density at radius 1 is 1.24 bits per heavy atom. The van der Waals surface area contributed by atoms with Gasteiger partial charge in [0.1, 0.15) is 5.01 Å². The monoisotopic (exact) mass is 304 g/mol. The maximum Gasteiger partial charge on any atom is 0.161 e. The fourth-order valence-electron chi connectivity index (χ4n) is 2.21. The van der Waals surface area contributed by atoms with Gasteiger partial charge in [-0.15, -0.1) is 11.3 Å². The first-order chi connectivity index (χ1) is 10.4. The molecule has 5 heteroatoms. The average Bonchev–Trinajstić information content (AvgIpc) is 2.85. The molecule has 2 aromatic rings. The standard InChI is InChI=1S/C16H20N2O2S/c1-2-6-17-10-13-11-21-16(18-13)12-4-5-14-15(9-12)20-8-3-7-19-14/h4-5,9,11,17H,2-3,6-8,10H2,1H3. The first-order valence-corrected chi connectivity index (χ1v) is 8.30. The highest BCUT2D eigenvalue weighted by atomic mass is 32.1. The lowest BCUT2D eigenvalue weighted by Crippen LogP contribution is -2.13. The highest BCUT2D eigenvalue weighted by Gasteiger charge is 2.13. The van der Waals surface area contributed by atoms with E-state index in [1.54, 1.807) is 11.3 Å². The van der Waals surface area contributed by atoms with Gasteiger partial charge in [-0.1, -0.05) is 6.92 Å². The van der Waals surface area contributed by atoms with Crippen molar-refractivity contribution in [3.63, 3.8) is 0 Å². The van der Waals surface area contributed by atoms with E-state index in [9.17, 15) is 0 Å². The van der Waals surface area contributed by atoms with Crippen molar-refractivity contribution in [1.82, 2.24) is 10.3 Å². The van der Waals surface area contributed by atoms with Crippen molar-refractivity contribution in [2.75, 3.05) is 19.8 Å². The molecule has 1 N–H and O–H groups in total. The Morgan fingerprint density at radius 3 is 2.95 bits per heavy atom. The maximum absolute atomic E-state index is 5.74. The zero-order valence-electron chi connectivity index (χ0n) is 12.2. The van der Waals surface area contributed by atoms with Crippen molar-refractivity contribution >= 4 is 11.3 Å². The van der Waals surface area contributed by atoms with Crippen LogP contribution in [-0.4, -0.2) is 24.7 Å². The third-order valence-electron chi connectivity index (χ3n) is 3.28. The summed E-state index contributed by atoms with van der Waals surface area (Å²) in [5.74, 6) is 1.66. The van der Waals surface area contributed by atoms with Gasteiger partial charge in [0, 0.05) is 23.9 Å². The van der Waals surface area contributed by atoms with Crippen molar-refractivity contribution in [3.05, 3.63) is 29.3 Å². The Kier molecular flexibility index (Phi) is 4.72. The molecule has 0 bridgehead atoms. The molecule has 0 amide bonds. The molecule has 0 atom stereocenters. The lowest BCUT2D eigenvalue weighted by molar-refractivity contribution is 0.297. The summed E-state index contributed by atoms with van der Waals surface area (Å²) in [5.41, 5.74) is 2.18. The second kappa shape index (κ2) is 6.91. The van der Waals surface area contributed by atoms with Crippen LogP contribution in [0, 0.1) is 0 Å². The minimum Gasteiger partial charge on any atom is -0.490 e. The third kappa shape index (κ3) is 3.54. The van der Waals surface area contributed by atoms with Gasteiger partial charge in [0.05, 0.1) is 18.9 Å². The Morgan fingerprint density at radius 2 is 2.10 bits per heavy atom. The van der Waals surface area contributed by atoms with E-state index in [4.69, 9.17) is 9.47 Å². The van der Waals surface area contributed by atoms with E-state index < -0.39 is 0 Å². The van der Waals surface area contributed by atoms with Crippen LogP contribution < -0.4 is 14.8 Å². The third-order valence-corrected chi connectivity index (χ3v) is 4.22. The van der Waals surface area contributed by atoms with E-state index in [-0.39, 0.29) is 0 Å². The van der Waals surface area contributed by atoms with Crippen LogP contribution in [0.5, 0.6) is 11.5 Å². The van der Waals surface area contributed by atoms with Gasteiger partial charge < -0.3 is 14.8 Å². The molecule has 112 valence electrons. The molecule has 21 heavy (non-hydrogen) atoms. The molecule has 3 rings (SSSR count). The second-order valence-corrected chi connectivity index (χ2v) is 5.89. The number of aromatic nitrogens is 1. The smallest absolute Gasteiger partial charge is 0.161 e. The van der Waals surface area contributed by atoms with Gasteiger partial charge in [-0.2, -0.15) is 0 Å². The lowest BCUT2D eigenvalue weighted by atomic mass is 10.2. The van der Waals surface area contributed by atoms with Crippen LogP contribution in [0.1, 0.15) is 25.5 Å². The molecule has 1 aromatic heterocycles. The molecule has 1 aromatic carbocycles. The molecular formula is C16H20N2O2S. The van der Waals surface area contributed by atoms with E-state index in [0.29, 0.717) is 6.61 Å². The molecule has 0 saturated carbocycles. The molecule has 0 spiro atoms.